The predicted octanol–water partition coefficient (Wildman–Crippen LogP) is 3.47. The van der Waals surface area contributed by atoms with Gasteiger partial charge in [0, 0.05) is 16.9 Å². The number of benzene rings is 2. The molecule has 4 nitrogen and oxygen atoms in total. The molecule has 2 aliphatic heterocycles. The monoisotopic (exact) mass is 403 g/mol. The summed E-state index contributed by atoms with van der Waals surface area (Å²) in [7, 11) is 0. The molecule has 0 aromatic heterocycles. The van der Waals surface area contributed by atoms with Gasteiger partial charge in [0.15, 0.2) is 0 Å². The van der Waals surface area contributed by atoms with Gasteiger partial charge in [0.2, 0.25) is 0 Å². The minimum absolute atomic E-state index is 0.0338. The molecule has 0 spiro atoms. The normalized spacial score (nSPS) is 23.0. The van der Waals surface area contributed by atoms with Crippen molar-refractivity contribution in [3.8, 4) is 16.9 Å². The van der Waals surface area contributed by atoms with Crippen LogP contribution in [0, 0.1) is 5.92 Å². The second-order valence-corrected chi connectivity index (χ2v) is 9.39. The Balaban J connectivity index is 1.47. The van der Waals surface area contributed by atoms with Crippen LogP contribution in [0.2, 0.25) is 0 Å². The van der Waals surface area contributed by atoms with Crippen LogP contribution in [0.5, 0.6) is 5.75 Å². The van der Waals surface area contributed by atoms with Crippen molar-refractivity contribution in [1.82, 2.24) is 5.32 Å². The van der Waals surface area contributed by atoms with Gasteiger partial charge in [-0.05, 0) is 57.9 Å². The van der Waals surface area contributed by atoms with Crippen LogP contribution < -0.4 is 20.5 Å². The second kappa shape index (κ2) is 6.63. The first-order valence-corrected chi connectivity index (χ1v) is 10.6. The summed E-state index contributed by atoms with van der Waals surface area (Å²) in [5, 5.41) is 4.37. The number of amides is 2. The highest BCUT2D eigenvalue weighted by atomic mass is 32.2. The first-order chi connectivity index (χ1) is 13.9. The van der Waals surface area contributed by atoms with Crippen LogP contribution in [0.25, 0.3) is 23.3 Å². The third kappa shape index (κ3) is 3.29. The SMILES string of the molecule is CC1(C)COc2ccc(-c3ccc4c(c3)=CCC(/C=C3\SC(=O)NC3=O)C=4)cc21. The number of hydrogen-bond donors (Lipinski definition) is 1. The average molecular weight is 404 g/mol. The van der Waals surface area contributed by atoms with Crippen LogP contribution in [0.1, 0.15) is 25.8 Å². The van der Waals surface area contributed by atoms with E-state index < -0.39 is 0 Å². The summed E-state index contributed by atoms with van der Waals surface area (Å²) < 4.78 is 5.81. The maximum Gasteiger partial charge on any atom is 0.290 e. The minimum Gasteiger partial charge on any atom is -0.492 e. The van der Waals surface area contributed by atoms with E-state index in [-0.39, 0.29) is 22.5 Å². The van der Waals surface area contributed by atoms with Crippen molar-refractivity contribution in [3.05, 3.63) is 63.4 Å². The molecule has 3 aliphatic rings. The van der Waals surface area contributed by atoms with Crippen LogP contribution >= 0.6 is 11.8 Å². The fourth-order valence-electron chi connectivity index (χ4n) is 4.09. The van der Waals surface area contributed by atoms with Crippen molar-refractivity contribution >= 4 is 35.1 Å². The number of hydrogen-bond acceptors (Lipinski definition) is 4. The van der Waals surface area contributed by atoms with Gasteiger partial charge in [-0.2, -0.15) is 0 Å². The van der Waals surface area contributed by atoms with E-state index in [1.54, 1.807) is 0 Å². The van der Waals surface area contributed by atoms with Crippen molar-refractivity contribution < 1.29 is 14.3 Å². The summed E-state index contributed by atoms with van der Waals surface area (Å²) in [6, 6.07) is 12.9. The van der Waals surface area contributed by atoms with Gasteiger partial charge < -0.3 is 4.74 Å². The number of nitrogens with one attached hydrogen (secondary N) is 1. The van der Waals surface area contributed by atoms with Crippen LogP contribution in [0.3, 0.4) is 0 Å². The van der Waals surface area contributed by atoms with Gasteiger partial charge >= 0.3 is 0 Å². The lowest BCUT2D eigenvalue weighted by Gasteiger charge is -2.16. The molecule has 2 heterocycles. The lowest BCUT2D eigenvalue weighted by Crippen LogP contribution is -2.28. The number of ether oxygens (including phenoxy) is 1. The van der Waals surface area contributed by atoms with Crippen molar-refractivity contribution in [2.45, 2.75) is 25.7 Å². The molecule has 0 saturated carbocycles. The van der Waals surface area contributed by atoms with Gasteiger partial charge in [0.05, 0.1) is 11.5 Å². The molecule has 2 aromatic carbocycles. The molecule has 5 rings (SSSR count). The zero-order valence-corrected chi connectivity index (χ0v) is 17.1. The van der Waals surface area contributed by atoms with E-state index in [1.807, 2.05) is 6.08 Å². The van der Waals surface area contributed by atoms with Crippen molar-refractivity contribution in [3.63, 3.8) is 0 Å². The lowest BCUT2D eigenvalue weighted by molar-refractivity contribution is -0.115. The number of thioether (sulfide) groups is 1. The molecule has 1 aliphatic carbocycles. The molecular weight excluding hydrogens is 382 g/mol. The maximum atomic E-state index is 11.8. The van der Waals surface area contributed by atoms with Crippen LogP contribution in [-0.4, -0.2) is 17.8 Å². The fraction of sp³-hybridized carbons (Fsp3) is 0.250. The molecule has 0 radical (unpaired) electrons. The highest BCUT2D eigenvalue weighted by molar-refractivity contribution is 8.18. The van der Waals surface area contributed by atoms with Crippen molar-refractivity contribution in [2.75, 3.05) is 6.61 Å². The fourth-order valence-corrected chi connectivity index (χ4v) is 4.82. The second-order valence-electron chi connectivity index (χ2n) is 8.37. The van der Waals surface area contributed by atoms with Gasteiger partial charge in [-0.15, -0.1) is 0 Å². The summed E-state index contributed by atoms with van der Waals surface area (Å²) in [4.78, 5) is 23.6. The first-order valence-electron chi connectivity index (χ1n) is 9.74. The Hall–Kier alpha value is -2.79. The molecule has 29 heavy (non-hydrogen) atoms. The smallest absolute Gasteiger partial charge is 0.290 e. The summed E-state index contributed by atoms with van der Waals surface area (Å²) in [5.41, 5.74) is 3.68. The lowest BCUT2D eigenvalue weighted by atomic mass is 9.85. The summed E-state index contributed by atoms with van der Waals surface area (Å²) in [6.07, 6.45) is 7.08. The maximum absolute atomic E-state index is 11.8. The molecule has 0 bridgehead atoms. The van der Waals surface area contributed by atoms with E-state index in [0.29, 0.717) is 4.91 Å². The van der Waals surface area contributed by atoms with Crippen molar-refractivity contribution in [2.24, 2.45) is 5.92 Å². The van der Waals surface area contributed by atoms with E-state index >= 15 is 0 Å². The third-order valence-corrected chi connectivity index (χ3v) is 6.56. The summed E-state index contributed by atoms with van der Waals surface area (Å²) >= 11 is 0.975. The number of rotatable bonds is 2. The number of carbonyl (C=O) groups is 2. The molecule has 1 N–H and O–H groups in total. The average Bonchev–Trinajstić information content (AvgIpc) is 3.18. The van der Waals surface area contributed by atoms with E-state index in [0.717, 1.165) is 35.8 Å². The molecule has 1 saturated heterocycles. The standard InChI is InChI=1S/C24H21NO3S/c1-24(2)13-28-20-8-7-18(12-19(20)24)17-6-5-15-9-14(3-4-16(15)11-17)10-21-22(26)25-23(27)29-21/h4-12,14H,3,13H2,1-2H3,(H,25,26,27)/b21-10-. The quantitative estimate of drug-likeness (QED) is 0.780. The van der Waals surface area contributed by atoms with E-state index in [2.05, 4.69) is 67.7 Å². The predicted molar refractivity (Wildman–Crippen MR) is 116 cm³/mol. The minimum atomic E-state index is -0.297. The molecule has 1 atom stereocenters. The van der Waals surface area contributed by atoms with Crippen molar-refractivity contribution in [1.29, 1.82) is 0 Å². The molecular formula is C24H21NO3S. The summed E-state index contributed by atoms with van der Waals surface area (Å²) in [5.74, 6) is 0.809. The zero-order chi connectivity index (χ0) is 20.2. The Morgan fingerprint density at radius 3 is 2.69 bits per heavy atom. The topological polar surface area (TPSA) is 55.4 Å². The van der Waals surface area contributed by atoms with Crippen LogP contribution in [0.4, 0.5) is 4.79 Å². The number of carbonyl (C=O) groups excluding carboxylic acids is 2. The highest BCUT2D eigenvalue weighted by Gasteiger charge is 2.31. The Morgan fingerprint density at radius 2 is 1.90 bits per heavy atom. The van der Waals surface area contributed by atoms with Gasteiger partial charge in [-0.25, -0.2) is 0 Å². The van der Waals surface area contributed by atoms with E-state index in [1.165, 1.54) is 21.9 Å². The number of imide groups is 1. The van der Waals surface area contributed by atoms with E-state index in [9.17, 15) is 9.59 Å². The summed E-state index contributed by atoms with van der Waals surface area (Å²) in [6.45, 7) is 5.14. The zero-order valence-electron chi connectivity index (χ0n) is 16.3. The first kappa shape index (κ1) is 18.3. The molecule has 2 amide bonds. The van der Waals surface area contributed by atoms with Crippen LogP contribution in [0.15, 0.2) is 47.4 Å². The Morgan fingerprint density at radius 1 is 1.10 bits per heavy atom. The molecule has 1 fully saturated rings. The molecule has 146 valence electrons. The highest BCUT2D eigenvalue weighted by Crippen LogP contribution is 2.40. The van der Waals surface area contributed by atoms with Gasteiger partial charge in [-0.3, -0.25) is 14.9 Å². The molecule has 1 unspecified atom stereocenters. The number of fused-ring (bicyclic) bond motifs is 2. The van der Waals surface area contributed by atoms with Gasteiger partial charge in [0.1, 0.15) is 5.75 Å². The third-order valence-electron chi connectivity index (χ3n) is 5.73. The number of allylic oxidation sites excluding steroid dienone is 1. The Kier molecular flexibility index (Phi) is 4.17. The van der Waals surface area contributed by atoms with Crippen LogP contribution in [-0.2, 0) is 10.2 Å². The molecule has 2 aromatic rings. The Bertz CT molecular complexity index is 1210. The van der Waals surface area contributed by atoms with Gasteiger partial charge in [-0.1, -0.05) is 50.3 Å². The van der Waals surface area contributed by atoms with E-state index in [4.69, 9.17) is 4.74 Å². The molecule has 5 heteroatoms. The van der Waals surface area contributed by atoms with Gasteiger partial charge in [0.25, 0.3) is 11.1 Å². The Labute approximate surface area is 173 Å². The largest absolute Gasteiger partial charge is 0.492 e.